The van der Waals surface area contributed by atoms with Crippen molar-refractivity contribution in [3.63, 3.8) is 0 Å². The van der Waals surface area contributed by atoms with E-state index in [1.165, 1.54) is 0 Å². The van der Waals surface area contributed by atoms with E-state index in [0.717, 1.165) is 13.0 Å². The van der Waals surface area contributed by atoms with Gasteiger partial charge in [-0.25, -0.2) is 12.7 Å². The van der Waals surface area contributed by atoms with Gasteiger partial charge in [0.15, 0.2) is 1.41 Å². The molecule has 1 aliphatic carbocycles. The van der Waals surface area contributed by atoms with E-state index >= 15 is 0 Å². The number of benzene rings is 1. The van der Waals surface area contributed by atoms with E-state index in [-0.39, 0.29) is 66.3 Å². The normalized spacial score (nSPS) is 37.6. The summed E-state index contributed by atoms with van der Waals surface area (Å²) >= 11 is 0. The molecule has 0 spiro atoms. The molecule has 8 heteroatoms. The molecule has 3 rings (SSSR count). The topological polar surface area (TPSA) is 73.0 Å². The molecular formula is C24H40N4O3S. The highest BCUT2D eigenvalue weighted by atomic mass is 32.2. The van der Waals surface area contributed by atoms with Crippen LogP contribution in [0, 0.1) is 5.89 Å². The Bertz CT molecular complexity index is 1620. The van der Waals surface area contributed by atoms with Gasteiger partial charge in [0.1, 0.15) is 0 Å². The molecule has 0 radical (unpaired) electrons. The number of rotatable bonds is 10. The molecule has 1 aliphatic heterocycles. The number of unbranched alkanes of at least 4 members (excludes halogenated alkanes) is 1. The summed E-state index contributed by atoms with van der Waals surface area (Å²) in [5.41, 5.74) is -4.88. The summed E-state index contributed by atoms with van der Waals surface area (Å²) in [4.78, 5) is 15.3. The van der Waals surface area contributed by atoms with E-state index in [1.807, 2.05) is 4.90 Å². The smallest absolute Gasteiger partial charge is 0.221 e. The number of nitrogens with one attached hydrogen (secondary N) is 1. The highest BCUT2D eigenvalue weighted by Gasteiger charge is 2.24. The fourth-order valence-electron chi connectivity index (χ4n) is 3.14. The molecular weight excluding hydrogens is 424 g/mol. The van der Waals surface area contributed by atoms with Crippen molar-refractivity contribution in [3.05, 3.63) is 24.2 Å². The van der Waals surface area contributed by atoms with Crippen LogP contribution < -0.4 is 10.2 Å². The monoisotopic (exact) mass is 484 g/mol. The van der Waals surface area contributed by atoms with Crippen LogP contribution in [0.2, 0.25) is 1.41 Å². The van der Waals surface area contributed by atoms with Gasteiger partial charge in [-0.05, 0) is 56.2 Å². The number of piperazine rings is 1. The minimum atomic E-state index is -6.19. The van der Waals surface area contributed by atoms with Crippen LogP contribution in [0.1, 0.15) is 77.7 Å². The first-order valence-corrected chi connectivity index (χ1v) is 11.5. The molecule has 2 fully saturated rings. The molecule has 1 heterocycles. The van der Waals surface area contributed by atoms with Gasteiger partial charge in [0.05, 0.1) is 9.82 Å². The van der Waals surface area contributed by atoms with Crippen LogP contribution in [0.4, 0.5) is 11.4 Å². The van der Waals surface area contributed by atoms with Crippen molar-refractivity contribution in [1.29, 1.82) is 0 Å². The number of amides is 1. The Labute approximate surface area is 222 Å². The van der Waals surface area contributed by atoms with Crippen molar-refractivity contribution in [1.82, 2.24) is 9.21 Å². The SMILES string of the molecule is [2H]c1cc([2H])c(N([2H])C(C)=O)c([2H])c1N1CCN(CCCCN(C([2H])([2H])[2H])S(=O)(=O)C([2H])([2H])C2([2H])C([2H])([2H])C([2H])([2H])C([2H])([2H])C([2H])([2H])C2([2H])[2H])CC1. The molecule has 0 unspecified atom stereocenters. The van der Waals surface area contributed by atoms with E-state index in [2.05, 4.69) is 0 Å². The third kappa shape index (κ3) is 7.74. The number of nitrogens with zero attached hydrogens (tertiary/aromatic N) is 3. The summed E-state index contributed by atoms with van der Waals surface area (Å²) in [6.07, 6.45) is -21.5. The zero-order valence-electron chi connectivity index (χ0n) is 37.7. The Balaban J connectivity index is 1.81. The average Bonchev–Trinajstić information content (AvgIpc) is 2.98. The molecule has 7 nitrogen and oxygen atoms in total. The number of anilines is 2. The minimum Gasteiger partial charge on any atom is -0.369 e. The van der Waals surface area contributed by atoms with Crippen LogP contribution in [0.25, 0.3) is 0 Å². The van der Waals surface area contributed by atoms with Crippen molar-refractivity contribution < 1.29 is 40.7 Å². The molecule has 1 saturated heterocycles. The predicted octanol–water partition coefficient (Wildman–Crippen LogP) is 3.39. The Morgan fingerprint density at radius 1 is 1.31 bits per heavy atom. The van der Waals surface area contributed by atoms with Crippen LogP contribution in [-0.2, 0) is 14.8 Å². The second-order valence-corrected chi connectivity index (χ2v) is 8.70. The van der Waals surface area contributed by atoms with E-state index in [1.54, 1.807) is 4.90 Å². The highest BCUT2D eigenvalue weighted by molar-refractivity contribution is 7.89. The lowest BCUT2D eigenvalue weighted by atomic mass is 9.91. The molecule has 32 heavy (non-hydrogen) atoms. The summed E-state index contributed by atoms with van der Waals surface area (Å²) in [6.45, 7) is -2.21. The molecule has 1 N–H and O–H groups in total. The van der Waals surface area contributed by atoms with Gasteiger partial charge in [0.25, 0.3) is 0 Å². The van der Waals surface area contributed by atoms with Crippen molar-refractivity contribution >= 4 is 27.3 Å². The van der Waals surface area contributed by atoms with Gasteiger partial charge in [-0.2, -0.15) is 0 Å². The van der Waals surface area contributed by atoms with Crippen molar-refractivity contribution in [3.8, 4) is 0 Å². The van der Waals surface area contributed by atoms with Crippen LogP contribution in [0.5, 0.6) is 0 Å². The fraction of sp³-hybridized carbons (Fsp3) is 0.708. The standard InChI is InChI=1S/C24H40N4O3S/c1-21(29)25-23-11-8-12-24(19-23)28-17-15-27(16-18-28)14-7-6-13-26(2)32(30,31)20-22-9-4-3-5-10-22/h8,11-12,19,22H,3-7,9-10,13-18,20H2,1-2H3,(H,25,29)/i2D3,3D2,4D2,5D2,9D2,10D2,11D,12D,19D,20D2,22D/hD. The molecule has 0 aromatic heterocycles. The van der Waals surface area contributed by atoms with Crippen LogP contribution in [-0.4, -0.2) is 75.5 Å². The number of carbonyl (C=O) groups is 1. The Kier molecular flexibility index (Phi) is 3.58. The molecule has 180 valence electrons. The zero-order chi connectivity index (χ0) is 40.6. The van der Waals surface area contributed by atoms with Gasteiger partial charge in [0.2, 0.25) is 15.9 Å². The van der Waals surface area contributed by atoms with Gasteiger partial charge in [-0.15, -0.1) is 0 Å². The van der Waals surface area contributed by atoms with Gasteiger partial charge in [-0.1, -0.05) is 25.2 Å². The molecule has 0 atom stereocenters. The molecule has 1 aromatic carbocycles. The summed E-state index contributed by atoms with van der Waals surface area (Å²) in [7, 11) is -6.19. The summed E-state index contributed by atoms with van der Waals surface area (Å²) < 4.78 is 190. The van der Waals surface area contributed by atoms with Crippen molar-refractivity contribution in [2.75, 3.05) is 62.2 Å². The Morgan fingerprint density at radius 3 is 2.75 bits per heavy atom. The zero-order valence-corrected chi connectivity index (χ0v) is 18.5. The largest absolute Gasteiger partial charge is 0.369 e. The maximum atomic E-state index is 13.8. The maximum Gasteiger partial charge on any atom is 0.221 e. The van der Waals surface area contributed by atoms with E-state index in [4.69, 9.17) is 27.5 Å². The predicted molar refractivity (Wildman–Crippen MR) is 132 cm³/mol. The second-order valence-electron chi connectivity index (χ2n) is 7.10. The summed E-state index contributed by atoms with van der Waals surface area (Å²) in [5, 5.41) is 0.402. The number of sulfonamides is 1. The Morgan fingerprint density at radius 2 is 2.06 bits per heavy atom. The number of hydrogen-bond acceptors (Lipinski definition) is 5. The third-order valence-electron chi connectivity index (χ3n) is 4.72. The van der Waals surface area contributed by atoms with E-state index < -0.39 is 72.9 Å². The molecule has 0 bridgehead atoms. The first-order valence-electron chi connectivity index (χ1n) is 20.0. The summed E-state index contributed by atoms with van der Waals surface area (Å²) in [5.74, 6) is -5.35. The third-order valence-corrected chi connectivity index (χ3v) is 5.94. The van der Waals surface area contributed by atoms with Crippen molar-refractivity contribution in [2.24, 2.45) is 5.89 Å². The van der Waals surface area contributed by atoms with Crippen LogP contribution in [0.15, 0.2) is 24.2 Å². The van der Waals surface area contributed by atoms with Gasteiger partial charge in [-0.3, -0.25) is 9.69 Å². The lowest BCUT2D eigenvalue weighted by Gasteiger charge is -2.36. The highest BCUT2D eigenvalue weighted by Crippen LogP contribution is 2.25. The molecule has 1 saturated carbocycles. The summed E-state index contributed by atoms with van der Waals surface area (Å²) in [6, 6.07) is 0.264. The number of hydrogen-bond donors (Lipinski definition) is 1. The van der Waals surface area contributed by atoms with Crippen LogP contribution >= 0.6 is 0 Å². The lowest BCUT2D eigenvalue weighted by Crippen LogP contribution is -2.46. The maximum absolute atomic E-state index is 13.8. The van der Waals surface area contributed by atoms with E-state index in [0.29, 0.717) is 18.4 Å². The lowest BCUT2D eigenvalue weighted by molar-refractivity contribution is -0.114. The molecule has 2 aliphatic rings. The van der Waals surface area contributed by atoms with E-state index in [9.17, 15) is 13.2 Å². The Hall–Kier alpha value is -1.64. The fourth-order valence-corrected chi connectivity index (χ4v) is 3.98. The van der Waals surface area contributed by atoms with Gasteiger partial charge < -0.3 is 10.2 Å². The number of carbonyl (C=O) groups excluding carboxylic acids is 1. The molecule has 1 aromatic rings. The minimum absolute atomic E-state index is 0.0849. The van der Waals surface area contributed by atoms with Gasteiger partial charge >= 0.3 is 0 Å². The second kappa shape index (κ2) is 12.0. The quantitative estimate of drug-likeness (QED) is 0.515. The van der Waals surface area contributed by atoms with Gasteiger partial charge in [0, 0.05) is 79.9 Å². The first kappa shape index (κ1) is 9.55. The average molecular weight is 485 g/mol. The molecule has 1 amide bonds. The van der Waals surface area contributed by atoms with Crippen molar-refractivity contribution in [2.45, 2.75) is 51.6 Å². The van der Waals surface area contributed by atoms with Crippen LogP contribution in [0.3, 0.4) is 0 Å². The first-order chi connectivity index (χ1) is 23.1.